The van der Waals surface area contributed by atoms with Gasteiger partial charge in [0.05, 0.1) is 17.6 Å². The lowest BCUT2D eigenvalue weighted by Crippen LogP contribution is -2.30. The minimum Gasteiger partial charge on any atom is -0.494 e. The Hall–Kier alpha value is -5.19. The van der Waals surface area contributed by atoms with Crippen LogP contribution in [0.25, 0.3) is 17.3 Å². The summed E-state index contributed by atoms with van der Waals surface area (Å²) >= 11 is 2.72. The Kier molecular flexibility index (Phi) is 11.2. The number of aryl methyl sites for hydroxylation is 1. The highest BCUT2D eigenvalue weighted by molar-refractivity contribution is 8.00. The third kappa shape index (κ3) is 9.41. The van der Waals surface area contributed by atoms with Crippen LogP contribution in [-0.2, 0) is 9.59 Å². The maximum atomic E-state index is 13.5. The third-order valence-corrected chi connectivity index (χ3v) is 8.74. The minimum absolute atomic E-state index is 0.0987. The van der Waals surface area contributed by atoms with E-state index in [0.717, 1.165) is 33.0 Å². The number of hydrogen-bond donors (Lipinski definition) is 3. The molecule has 0 fully saturated rings. The van der Waals surface area contributed by atoms with Crippen molar-refractivity contribution in [3.8, 4) is 17.0 Å². The molecule has 0 saturated carbocycles. The normalized spacial score (nSPS) is 11.8. The Morgan fingerprint density at radius 2 is 1.66 bits per heavy atom. The molecule has 3 N–H and O–H groups in total. The SMILES string of the molecule is CCOc1ccc(-c2csc(NC(=O)C(C)Sc3cccc(NC(=O)/C(=C/c4ccc(C)cc4)NC(=O)c4ccccc4)c3)n2)cc1. The number of amides is 3. The number of carbonyl (C=O) groups is 3. The second-order valence-corrected chi connectivity index (χ2v) is 12.8. The largest absolute Gasteiger partial charge is 0.494 e. The van der Waals surface area contributed by atoms with Crippen LogP contribution in [0.3, 0.4) is 0 Å². The number of hydrogen-bond acceptors (Lipinski definition) is 7. The Morgan fingerprint density at radius 1 is 0.915 bits per heavy atom. The predicted octanol–water partition coefficient (Wildman–Crippen LogP) is 8.05. The van der Waals surface area contributed by atoms with Crippen LogP contribution < -0.4 is 20.7 Å². The molecule has 1 aromatic heterocycles. The van der Waals surface area contributed by atoms with E-state index in [4.69, 9.17) is 4.74 Å². The van der Waals surface area contributed by atoms with Crippen molar-refractivity contribution in [2.75, 3.05) is 17.2 Å². The van der Waals surface area contributed by atoms with Gasteiger partial charge in [-0.3, -0.25) is 14.4 Å². The Labute approximate surface area is 282 Å². The van der Waals surface area contributed by atoms with Gasteiger partial charge >= 0.3 is 0 Å². The average Bonchev–Trinajstić information content (AvgIpc) is 3.54. The van der Waals surface area contributed by atoms with Crippen LogP contribution in [0.4, 0.5) is 10.8 Å². The quantitative estimate of drug-likeness (QED) is 0.0922. The van der Waals surface area contributed by atoms with Crippen molar-refractivity contribution in [3.63, 3.8) is 0 Å². The number of benzene rings is 4. The molecule has 1 heterocycles. The molecule has 5 aromatic rings. The molecular formula is C37H34N4O4S2. The molecule has 8 nitrogen and oxygen atoms in total. The van der Waals surface area contributed by atoms with E-state index in [9.17, 15) is 14.4 Å². The molecule has 5 rings (SSSR count). The highest BCUT2D eigenvalue weighted by atomic mass is 32.2. The molecule has 47 heavy (non-hydrogen) atoms. The molecule has 1 unspecified atom stereocenters. The van der Waals surface area contributed by atoms with Crippen LogP contribution in [-0.4, -0.2) is 34.6 Å². The van der Waals surface area contributed by atoms with Gasteiger partial charge in [0.15, 0.2) is 5.13 Å². The van der Waals surface area contributed by atoms with Crippen molar-refractivity contribution >= 4 is 57.7 Å². The molecular weight excluding hydrogens is 629 g/mol. The second kappa shape index (κ2) is 15.9. The number of ether oxygens (including phenoxy) is 1. The van der Waals surface area contributed by atoms with Gasteiger partial charge in [-0.25, -0.2) is 4.98 Å². The van der Waals surface area contributed by atoms with Gasteiger partial charge in [-0.2, -0.15) is 0 Å². The van der Waals surface area contributed by atoms with Gasteiger partial charge in [0.1, 0.15) is 11.4 Å². The standard InChI is InChI=1S/C37H34N4O4S2/c1-4-45-30-19-17-27(18-20-30)33-23-46-37(40-33)41-34(42)25(3)47-31-12-8-11-29(22-31)38-36(44)32(21-26-15-13-24(2)14-16-26)39-35(43)28-9-6-5-7-10-28/h5-23,25H,4H2,1-3H3,(H,38,44)(H,39,43)(H,40,41,42)/b32-21-. The molecule has 10 heteroatoms. The van der Waals surface area contributed by atoms with E-state index >= 15 is 0 Å². The molecule has 0 spiro atoms. The number of nitrogens with zero attached hydrogens (tertiary/aromatic N) is 1. The van der Waals surface area contributed by atoms with E-state index in [1.807, 2.05) is 86.8 Å². The topological polar surface area (TPSA) is 109 Å². The molecule has 3 amide bonds. The molecule has 0 saturated heterocycles. The smallest absolute Gasteiger partial charge is 0.272 e. The van der Waals surface area contributed by atoms with Gasteiger partial charge in [-0.15, -0.1) is 23.1 Å². The van der Waals surface area contributed by atoms with Crippen molar-refractivity contribution in [3.05, 3.63) is 131 Å². The fourth-order valence-corrected chi connectivity index (χ4v) is 6.08. The number of carbonyl (C=O) groups excluding carboxylic acids is 3. The zero-order valence-electron chi connectivity index (χ0n) is 26.2. The van der Waals surface area contributed by atoms with Crippen molar-refractivity contribution in [2.45, 2.75) is 30.9 Å². The Bertz CT molecular complexity index is 1870. The molecule has 0 aliphatic heterocycles. The van der Waals surface area contributed by atoms with E-state index in [0.29, 0.717) is 23.0 Å². The summed E-state index contributed by atoms with van der Waals surface area (Å²) < 4.78 is 5.51. The maximum Gasteiger partial charge on any atom is 0.272 e. The molecule has 0 aliphatic rings. The first kappa shape index (κ1) is 33.2. The number of anilines is 2. The first-order chi connectivity index (χ1) is 22.8. The van der Waals surface area contributed by atoms with Gasteiger partial charge in [-0.05, 0) is 87.0 Å². The van der Waals surface area contributed by atoms with Gasteiger partial charge in [0.2, 0.25) is 5.91 Å². The van der Waals surface area contributed by atoms with Gasteiger partial charge in [-0.1, -0.05) is 54.1 Å². The number of thioether (sulfide) groups is 1. The monoisotopic (exact) mass is 662 g/mol. The summed E-state index contributed by atoms with van der Waals surface area (Å²) in [7, 11) is 0. The molecule has 0 aliphatic carbocycles. The summed E-state index contributed by atoms with van der Waals surface area (Å²) in [4.78, 5) is 44.8. The maximum absolute atomic E-state index is 13.5. The molecule has 238 valence electrons. The summed E-state index contributed by atoms with van der Waals surface area (Å²) in [6.07, 6.45) is 1.64. The summed E-state index contributed by atoms with van der Waals surface area (Å²) in [5.41, 5.74) is 4.61. The lowest BCUT2D eigenvalue weighted by Gasteiger charge is -2.14. The van der Waals surface area contributed by atoms with Gasteiger partial charge in [0, 0.05) is 27.1 Å². The van der Waals surface area contributed by atoms with Crippen LogP contribution in [0.2, 0.25) is 0 Å². The molecule has 0 radical (unpaired) electrons. The Balaban J connectivity index is 1.23. The zero-order valence-corrected chi connectivity index (χ0v) is 27.8. The minimum atomic E-state index is -0.477. The van der Waals surface area contributed by atoms with E-state index in [1.165, 1.54) is 23.1 Å². The van der Waals surface area contributed by atoms with Crippen molar-refractivity contribution in [1.29, 1.82) is 0 Å². The lowest BCUT2D eigenvalue weighted by atomic mass is 10.1. The first-order valence-corrected chi connectivity index (χ1v) is 16.8. The molecule has 1 atom stereocenters. The van der Waals surface area contributed by atoms with Crippen molar-refractivity contribution in [2.24, 2.45) is 0 Å². The summed E-state index contributed by atoms with van der Waals surface area (Å²) in [5.74, 6) is -0.266. The fraction of sp³-hybridized carbons (Fsp3) is 0.135. The van der Waals surface area contributed by atoms with Crippen molar-refractivity contribution in [1.82, 2.24) is 10.3 Å². The number of nitrogens with one attached hydrogen (secondary N) is 3. The van der Waals surface area contributed by atoms with E-state index in [1.54, 1.807) is 48.5 Å². The highest BCUT2D eigenvalue weighted by Gasteiger charge is 2.18. The van der Waals surface area contributed by atoms with E-state index < -0.39 is 17.1 Å². The summed E-state index contributed by atoms with van der Waals surface area (Å²) in [6, 6.07) is 31.3. The molecule has 4 aromatic carbocycles. The number of thiazole rings is 1. The second-order valence-electron chi connectivity index (χ2n) is 10.5. The molecule has 0 bridgehead atoms. The van der Waals surface area contributed by atoms with Crippen LogP contribution in [0.5, 0.6) is 5.75 Å². The fourth-order valence-electron chi connectivity index (χ4n) is 4.43. The third-order valence-electron chi connectivity index (χ3n) is 6.89. The van der Waals surface area contributed by atoms with Crippen LogP contribution >= 0.6 is 23.1 Å². The van der Waals surface area contributed by atoms with Crippen LogP contribution in [0.15, 0.2) is 119 Å². The average molecular weight is 663 g/mol. The van der Waals surface area contributed by atoms with E-state index in [-0.39, 0.29) is 11.6 Å². The predicted molar refractivity (Wildman–Crippen MR) is 191 cm³/mol. The van der Waals surface area contributed by atoms with Crippen LogP contribution in [0.1, 0.15) is 35.3 Å². The van der Waals surface area contributed by atoms with Gasteiger partial charge in [0.25, 0.3) is 11.8 Å². The lowest BCUT2D eigenvalue weighted by molar-refractivity contribution is -0.115. The summed E-state index contributed by atoms with van der Waals surface area (Å²) in [5, 5.41) is 10.5. The van der Waals surface area contributed by atoms with Crippen molar-refractivity contribution < 1.29 is 19.1 Å². The van der Waals surface area contributed by atoms with E-state index in [2.05, 4.69) is 20.9 Å². The summed E-state index contributed by atoms with van der Waals surface area (Å²) in [6.45, 7) is 6.33. The zero-order chi connectivity index (χ0) is 33.2. The Morgan fingerprint density at radius 3 is 2.38 bits per heavy atom. The van der Waals surface area contributed by atoms with Crippen LogP contribution in [0, 0.1) is 6.92 Å². The van der Waals surface area contributed by atoms with Gasteiger partial charge < -0.3 is 20.7 Å². The number of aromatic nitrogens is 1. The highest BCUT2D eigenvalue weighted by Crippen LogP contribution is 2.29. The first-order valence-electron chi connectivity index (χ1n) is 15.0. The number of rotatable bonds is 12.